The third kappa shape index (κ3) is 2.47. The number of carbonyl (C=O) groups excluding carboxylic acids is 2. The van der Waals surface area contributed by atoms with E-state index >= 15 is 0 Å². The van der Waals surface area contributed by atoms with Crippen LogP contribution >= 0.6 is 0 Å². The molecule has 7 nitrogen and oxygen atoms in total. The predicted molar refractivity (Wildman–Crippen MR) is 97.8 cm³/mol. The Morgan fingerprint density at radius 2 is 2.04 bits per heavy atom. The highest BCUT2D eigenvalue weighted by molar-refractivity contribution is 5.83. The zero-order chi connectivity index (χ0) is 18.6. The van der Waals surface area contributed by atoms with Crippen molar-refractivity contribution < 1.29 is 14.3 Å². The molecule has 0 radical (unpaired) electrons. The van der Waals surface area contributed by atoms with Crippen molar-refractivity contribution in [3.8, 4) is 0 Å². The van der Waals surface area contributed by atoms with Crippen LogP contribution < -0.4 is 0 Å². The molecule has 2 aliphatic heterocycles. The smallest absolute Gasteiger partial charge is 0.249 e. The summed E-state index contributed by atoms with van der Waals surface area (Å²) in [6, 6.07) is 0. The van der Waals surface area contributed by atoms with Crippen molar-refractivity contribution in [1.29, 1.82) is 0 Å². The lowest BCUT2D eigenvalue weighted by Crippen LogP contribution is -2.59. The van der Waals surface area contributed by atoms with Crippen LogP contribution in [0.3, 0.4) is 0 Å². The van der Waals surface area contributed by atoms with Crippen LogP contribution in [0.1, 0.15) is 49.9 Å². The number of likely N-dealkylation sites (tertiary alicyclic amines) is 1. The second-order valence-corrected chi connectivity index (χ2v) is 8.79. The van der Waals surface area contributed by atoms with Gasteiger partial charge in [-0.1, -0.05) is 6.42 Å². The average molecular weight is 372 g/mol. The van der Waals surface area contributed by atoms with Crippen LogP contribution in [0.5, 0.6) is 0 Å². The van der Waals surface area contributed by atoms with Crippen LogP contribution in [0.2, 0.25) is 0 Å². The Kier molecular flexibility index (Phi) is 3.86. The zero-order valence-electron chi connectivity index (χ0n) is 16.0. The van der Waals surface area contributed by atoms with Crippen LogP contribution in [0, 0.1) is 11.3 Å². The first-order valence-electron chi connectivity index (χ1n) is 10.2. The molecule has 27 heavy (non-hydrogen) atoms. The summed E-state index contributed by atoms with van der Waals surface area (Å²) in [5.74, 6) is 0.623. The number of nitrogens with one attached hydrogen (secondary N) is 1. The second kappa shape index (κ2) is 6.06. The highest BCUT2D eigenvalue weighted by Crippen LogP contribution is 2.66. The SMILES string of the molecule is COCC(=O)N1CCc2[nH]cnc2C12CCN(C(=O)[C@H]1CC13CCC3)CC2. The lowest BCUT2D eigenvalue weighted by molar-refractivity contribution is -0.148. The van der Waals surface area contributed by atoms with Crippen molar-refractivity contribution in [2.24, 2.45) is 11.3 Å². The number of carbonyl (C=O) groups is 2. The highest BCUT2D eigenvalue weighted by Gasteiger charge is 2.62. The molecule has 1 aromatic heterocycles. The Balaban J connectivity index is 1.35. The molecule has 1 saturated heterocycles. The number of aromatic nitrogens is 2. The Labute approximate surface area is 159 Å². The molecule has 3 fully saturated rings. The van der Waals surface area contributed by atoms with Crippen molar-refractivity contribution in [1.82, 2.24) is 19.8 Å². The molecular weight excluding hydrogens is 344 g/mol. The van der Waals surface area contributed by atoms with Crippen molar-refractivity contribution >= 4 is 11.8 Å². The van der Waals surface area contributed by atoms with Crippen molar-refractivity contribution in [3.05, 3.63) is 17.7 Å². The molecule has 0 aromatic carbocycles. The minimum atomic E-state index is -0.405. The first-order valence-corrected chi connectivity index (χ1v) is 10.2. The van der Waals surface area contributed by atoms with Crippen LogP contribution in [-0.4, -0.2) is 64.9 Å². The maximum atomic E-state index is 13.0. The average Bonchev–Trinajstić information content (AvgIpc) is 3.24. The Morgan fingerprint density at radius 3 is 2.67 bits per heavy atom. The van der Waals surface area contributed by atoms with E-state index < -0.39 is 5.54 Å². The number of rotatable bonds is 3. The summed E-state index contributed by atoms with van der Waals surface area (Å²) in [7, 11) is 1.56. The fraction of sp³-hybridized carbons (Fsp3) is 0.750. The van der Waals surface area contributed by atoms with Crippen molar-refractivity contribution in [2.45, 2.75) is 50.5 Å². The number of imidazole rings is 1. The van der Waals surface area contributed by atoms with E-state index in [0.29, 0.717) is 31.0 Å². The van der Waals surface area contributed by atoms with E-state index in [1.165, 1.54) is 19.3 Å². The number of nitrogens with zero attached hydrogens (tertiary/aromatic N) is 3. The van der Waals surface area contributed by atoms with Gasteiger partial charge in [0.2, 0.25) is 11.8 Å². The molecular formula is C20H28N4O3. The molecule has 3 heterocycles. The van der Waals surface area contributed by atoms with Gasteiger partial charge in [0, 0.05) is 44.8 Å². The van der Waals surface area contributed by atoms with E-state index in [2.05, 4.69) is 9.97 Å². The lowest BCUT2D eigenvalue weighted by atomic mass is 9.77. The fourth-order valence-corrected chi connectivity index (χ4v) is 5.75. The standard InChI is InChI=1S/C20H28N4O3/c1-27-12-16(25)24-8-3-15-17(22-13-21-15)20(24)6-9-23(10-7-20)18(26)14-11-19(14)4-2-5-19/h13-14H,2-12H2,1H3,(H,21,22)/t14-/m1/s1. The van der Waals surface area contributed by atoms with E-state index in [1.54, 1.807) is 13.4 Å². The number of H-pyrrole nitrogens is 1. The van der Waals surface area contributed by atoms with E-state index in [4.69, 9.17) is 4.74 Å². The molecule has 146 valence electrons. The van der Waals surface area contributed by atoms with Gasteiger partial charge >= 0.3 is 0 Å². The summed E-state index contributed by atoms with van der Waals surface area (Å²) in [5, 5.41) is 0. The molecule has 4 aliphatic rings. The number of hydrogen-bond acceptors (Lipinski definition) is 4. The van der Waals surface area contributed by atoms with Gasteiger partial charge < -0.3 is 19.5 Å². The minimum absolute atomic E-state index is 0.0153. The molecule has 2 saturated carbocycles. The Morgan fingerprint density at radius 1 is 1.26 bits per heavy atom. The van der Waals surface area contributed by atoms with Gasteiger partial charge in [0.05, 0.1) is 17.6 Å². The molecule has 1 aromatic rings. The fourth-order valence-electron chi connectivity index (χ4n) is 5.75. The monoisotopic (exact) mass is 372 g/mol. The maximum absolute atomic E-state index is 13.0. The van der Waals surface area contributed by atoms with E-state index in [9.17, 15) is 9.59 Å². The zero-order valence-corrected chi connectivity index (χ0v) is 16.0. The van der Waals surface area contributed by atoms with Gasteiger partial charge in [0.25, 0.3) is 0 Å². The Bertz CT molecular complexity index is 761. The molecule has 5 rings (SSSR count). The van der Waals surface area contributed by atoms with Gasteiger partial charge in [0.15, 0.2) is 0 Å². The second-order valence-electron chi connectivity index (χ2n) is 8.79. The Hall–Kier alpha value is -1.89. The van der Waals surface area contributed by atoms with Gasteiger partial charge in [-0.2, -0.15) is 0 Å². The molecule has 2 amide bonds. The summed E-state index contributed by atoms with van der Waals surface area (Å²) in [6.07, 6.45) is 8.88. The first-order chi connectivity index (χ1) is 13.1. The van der Waals surface area contributed by atoms with Gasteiger partial charge in [-0.15, -0.1) is 0 Å². The van der Waals surface area contributed by atoms with E-state index in [0.717, 1.165) is 37.1 Å². The number of ether oxygens (including phenoxy) is 1. The molecule has 0 bridgehead atoms. The number of amides is 2. The summed E-state index contributed by atoms with van der Waals surface area (Å²) in [6.45, 7) is 2.18. The van der Waals surface area contributed by atoms with Gasteiger partial charge in [0.1, 0.15) is 6.61 Å². The third-order valence-corrected chi connectivity index (χ3v) is 7.57. The van der Waals surface area contributed by atoms with E-state index in [1.807, 2.05) is 9.80 Å². The van der Waals surface area contributed by atoms with Crippen LogP contribution in [0.4, 0.5) is 0 Å². The number of hydrogen-bond donors (Lipinski definition) is 1. The summed E-state index contributed by atoms with van der Waals surface area (Å²) in [5.41, 5.74) is 2.09. The molecule has 2 spiro atoms. The molecule has 2 aliphatic carbocycles. The minimum Gasteiger partial charge on any atom is -0.375 e. The maximum Gasteiger partial charge on any atom is 0.249 e. The number of fused-ring (bicyclic) bond motifs is 2. The third-order valence-electron chi connectivity index (χ3n) is 7.57. The molecule has 7 heteroatoms. The summed E-state index contributed by atoms with van der Waals surface area (Å²) >= 11 is 0. The van der Waals surface area contributed by atoms with Crippen LogP contribution in [0.25, 0.3) is 0 Å². The first kappa shape index (κ1) is 17.2. The van der Waals surface area contributed by atoms with Gasteiger partial charge in [-0.25, -0.2) is 4.98 Å². The summed E-state index contributed by atoms with van der Waals surface area (Å²) < 4.78 is 5.12. The van der Waals surface area contributed by atoms with Gasteiger partial charge in [-0.05, 0) is 37.5 Å². The van der Waals surface area contributed by atoms with Crippen molar-refractivity contribution in [2.75, 3.05) is 33.4 Å². The highest BCUT2D eigenvalue weighted by atomic mass is 16.5. The predicted octanol–water partition coefficient (Wildman–Crippen LogP) is 1.45. The van der Waals surface area contributed by atoms with Crippen LogP contribution in [-0.2, 0) is 26.3 Å². The molecule has 1 N–H and O–H groups in total. The number of methoxy groups -OCH3 is 1. The number of piperidine rings is 1. The largest absolute Gasteiger partial charge is 0.375 e. The normalized spacial score (nSPS) is 27.4. The van der Waals surface area contributed by atoms with E-state index in [-0.39, 0.29) is 18.4 Å². The van der Waals surface area contributed by atoms with Crippen molar-refractivity contribution in [3.63, 3.8) is 0 Å². The topological polar surface area (TPSA) is 78.5 Å². The molecule has 1 atom stereocenters. The quantitative estimate of drug-likeness (QED) is 0.871. The lowest BCUT2D eigenvalue weighted by Gasteiger charge is -2.50. The van der Waals surface area contributed by atoms with Crippen LogP contribution in [0.15, 0.2) is 6.33 Å². The number of aromatic amines is 1. The molecule has 0 unspecified atom stereocenters. The van der Waals surface area contributed by atoms with Gasteiger partial charge in [-0.3, -0.25) is 9.59 Å². The summed E-state index contributed by atoms with van der Waals surface area (Å²) in [4.78, 5) is 37.6.